The molecule has 3 heteroatoms. The van der Waals surface area contributed by atoms with Crippen LogP contribution in [-0.2, 0) is 0 Å². The Bertz CT molecular complexity index is 425. The summed E-state index contributed by atoms with van der Waals surface area (Å²) in [6.07, 6.45) is 3.50. The molecule has 0 bridgehead atoms. The van der Waals surface area contributed by atoms with Crippen molar-refractivity contribution < 1.29 is 0 Å². The summed E-state index contributed by atoms with van der Waals surface area (Å²) in [6.45, 7) is 0. The molecular formula is C12H9Cl2N. The molecule has 15 heavy (non-hydrogen) atoms. The Kier molecular flexibility index (Phi) is 3.24. The maximum Gasteiger partial charge on any atom is 0.0850 e. The van der Waals surface area contributed by atoms with Crippen LogP contribution in [0.25, 0.3) is 0 Å². The monoisotopic (exact) mass is 237 g/mol. The van der Waals surface area contributed by atoms with Gasteiger partial charge in [-0.25, -0.2) is 0 Å². The number of pyridine rings is 1. The lowest BCUT2D eigenvalue weighted by molar-refractivity contribution is 1.11. The van der Waals surface area contributed by atoms with Crippen LogP contribution in [0.5, 0.6) is 0 Å². The van der Waals surface area contributed by atoms with Crippen molar-refractivity contribution in [2.24, 2.45) is 0 Å². The molecule has 1 aromatic heterocycles. The number of hydrogen-bond acceptors (Lipinski definition) is 1. The maximum absolute atomic E-state index is 6.30. The van der Waals surface area contributed by atoms with Gasteiger partial charge in [-0.05, 0) is 29.3 Å². The average Bonchev–Trinajstić information content (AvgIpc) is 2.30. The minimum Gasteiger partial charge on any atom is -0.264 e. The van der Waals surface area contributed by atoms with Crippen molar-refractivity contribution in [2.75, 3.05) is 0 Å². The zero-order valence-corrected chi connectivity index (χ0v) is 9.41. The number of rotatable bonds is 2. The Balaban J connectivity index is 2.29. The highest BCUT2D eigenvalue weighted by atomic mass is 35.5. The smallest absolute Gasteiger partial charge is 0.0850 e. The van der Waals surface area contributed by atoms with Gasteiger partial charge in [0.2, 0.25) is 0 Å². The third-order valence-corrected chi connectivity index (χ3v) is 2.90. The van der Waals surface area contributed by atoms with Gasteiger partial charge in [0.05, 0.1) is 5.38 Å². The SMILES string of the molecule is Clc1ccc(C(Cl)c2cccnc2)cc1. The molecule has 1 nitrogen and oxygen atoms in total. The van der Waals surface area contributed by atoms with Gasteiger partial charge in [0.15, 0.2) is 0 Å². The van der Waals surface area contributed by atoms with Gasteiger partial charge in [-0.1, -0.05) is 29.8 Å². The molecule has 0 aliphatic rings. The molecule has 0 N–H and O–H groups in total. The van der Waals surface area contributed by atoms with Gasteiger partial charge in [-0.2, -0.15) is 0 Å². The molecular weight excluding hydrogens is 229 g/mol. The van der Waals surface area contributed by atoms with E-state index in [9.17, 15) is 0 Å². The van der Waals surface area contributed by atoms with Crippen molar-refractivity contribution in [3.8, 4) is 0 Å². The second-order valence-corrected chi connectivity index (χ2v) is 4.07. The standard InChI is InChI=1S/C12H9Cl2N/c13-11-5-3-9(4-6-11)12(14)10-2-1-7-15-8-10/h1-8,12H. The molecule has 0 amide bonds. The molecule has 1 heterocycles. The van der Waals surface area contributed by atoms with Crippen LogP contribution in [0.15, 0.2) is 48.8 Å². The van der Waals surface area contributed by atoms with E-state index in [1.165, 1.54) is 0 Å². The average molecular weight is 238 g/mol. The zero-order chi connectivity index (χ0) is 10.7. The van der Waals surface area contributed by atoms with E-state index >= 15 is 0 Å². The first-order valence-electron chi connectivity index (χ1n) is 4.57. The van der Waals surface area contributed by atoms with Crippen LogP contribution in [0.1, 0.15) is 16.5 Å². The number of halogens is 2. The summed E-state index contributed by atoms with van der Waals surface area (Å²) >= 11 is 12.1. The van der Waals surface area contributed by atoms with Gasteiger partial charge in [0.25, 0.3) is 0 Å². The predicted octanol–water partition coefficient (Wildman–Crippen LogP) is 4.06. The van der Waals surface area contributed by atoms with E-state index in [4.69, 9.17) is 23.2 Å². The Morgan fingerprint density at radius 2 is 1.73 bits per heavy atom. The van der Waals surface area contributed by atoms with Crippen LogP contribution in [0.4, 0.5) is 0 Å². The first kappa shape index (κ1) is 10.5. The lowest BCUT2D eigenvalue weighted by Crippen LogP contribution is -1.93. The van der Waals surface area contributed by atoms with Crippen molar-refractivity contribution in [3.05, 3.63) is 64.9 Å². The molecule has 0 saturated heterocycles. The third kappa shape index (κ3) is 2.49. The molecule has 0 aliphatic carbocycles. The molecule has 2 aromatic rings. The van der Waals surface area contributed by atoms with Crippen LogP contribution in [0.3, 0.4) is 0 Å². The summed E-state index contributed by atoms with van der Waals surface area (Å²) in [5.41, 5.74) is 2.01. The molecule has 76 valence electrons. The molecule has 0 fully saturated rings. The maximum atomic E-state index is 6.30. The minimum atomic E-state index is -0.170. The summed E-state index contributed by atoms with van der Waals surface area (Å²) in [5.74, 6) is 0. The fourth-order valence-corrected chi connectivity index (χ4v) is 1.75. The third-order valence-electron chi connectivity index (χ3n) is 2.14. The summed E-state index contributed by atoms with van der Waals surface area (Å²) in [6, 6.07) is 11.4. The first-order valence-corrected chi connectivity index (χ1v) is 5.38. The van der Waals surface area contributed by atoms with Gasteiger partial charge in [-0.15, -0.1) is 11.6 Å². The quantitative estimate of drug-likeness (QED) is 0.719. The number of alkyl halides is 1. The van der Waals surface area contributed by atoms with Gasteiger partial charge in [-0.3, -0.25) is 4.98 Å². The largest absolute Gasteiger partial charge is 0.264 e. The van der Waals surface area contributed by atoms with Crippen LogP contribution < -0.4 is 0 Å². The van der Waals surface area contributed by atoms with E-state index in [0.717, 1.165) is 11.1 Å². The first-order chi connectivity index (χ1) is 7.27. The van der Waals surface area contributed by atoms with Crippen molar-refractivity contribution in [3.63, 3.8) is 0 Å². The molecule has 0 aliphatic heterocycles. The molecule has 1 unspecified atom stereocenters. The van der Waals surface area contributed by atoms with E-state index in [1.807, 2.05) is 36.4 Å². The van der Waals surface area contributed by atoms with Gasteiger partial charge < -0.3 is 0 Å². The van der Waals surface area contributed by atoms with Crippen LogP contribution in [0.2, 0.25) is 5.02 Å². The Morgan fingerprint density at radius 3 is 2.33 bits per heavy atom. The van der Waals surface area contributed by atoms with Crippen LogP contribution in [0, 0.1) is 0 Å². The number of aromatic nitrogens is 1. The second kappa shape index (κ2) is 4.65. The van der Waals surface area contributed by atoms with Crippen molar-refractivity contribution in [1.29, 1.82) is 0 Å². The molecule has 2 rings (SSSR count). The molecule has 0 spiro atoms. The summed E-state index contributed by atoms with van der Waals surface area (Å²) in [5, 5.41) is 0.546. The van der Waals surface area contributed by atoms with Crippen molar-refractivity contribution in [1.82, 2.24) is 4.98 Å². The topological polar surface area (TPSA) is 12.9 Å². The molecule has 0 saturated carbocycles. The normalized spacial score (nSPS) is 12.4. The zero-order valence-electron chi connectivity index (χ0n) is 7.90. The Morgan fingerprint density at radius 1 is 1.00 bits per heavy atom. The highest BCUT2D eigenvalue weighted by Gasteiger charge is 2.09. The predicted molar refractivity (Wildman–Crippen MR) is 63.4 cm³/mol. The van der Waals surface area contributed by atoms with Gasteiger partial charge in [0, 0.05) is 17.4 Å². The van der Waals surface area contributed by atoms with Crippen molar-refractivity contribution in [2.45, 2.75) is 5.38 Å². The summed E-state index contributed by atoms with van der Waals surface area (Å²) in [4.78, 5) is 4.04. The summed E-state index contributed by atoms with van der Waals surface area (Å²) in [7, 11) is 0. The number of hydrogen-bond donors (Lipinski definition) is 0. The fourth-order valence-electron chi connectivity index (χ4n) is 1.35. The highest BCUT2D eigenvalue weighted by Crippen LogP contribution is 2.28. The fraction of sp³-hybridized carbons (Fsp3) is 0.0833. The minimum absolute atomic E-state index is 0.170. The van der Waals surface area contributed by atoms with E-state index in [-0.39, 0.29) is 5.38 Å². The Hall–Kier alpha value is -1.05. The van der Waals surface area contributed by atoms with Crippen molar-refractivity contribution >= 4 is 23.2 Å². The number of benzene rings is 1. The summed E-state index contributed by atoms with van der Waals surface area (Å²) < 4.78 is 0. The van der Waals surface area contributed by atoms with Crippen LogP contribution >= 0.6 is 23.2 Å². The van der Waals surface area contributed by atoms with Gasteiger partial charge >= 0.3 is 0 Å². The van der Waals surface area contributed by atoms with Gasteiger partial charge in [0.1, 0.15) is 0 Å². The molecule has 0 radical (unpaired) electrons. The van der Waals surface area contributed by atoms with E-state index in [1.54, 1.807) is 12.4 Å². The van der Waals surface area contributed by atoms with E-state index < -0.39 is 0 Å². The highest BCUT2D eigenvalue weighted by molar-refractivity contribution is 6.30. The lowest BCUT2D eigenvalue weighted by atomic mass is 10.1. The number of nitrogens with zero attached hydrogens (tertiary/aromatic N) is 1. The molecule has 1 atom stereocenters. The van der Waals surface area contributed by atoms with E-state index in [0.29, 0.717) is 5.02 Å². The molecule has 1 aromatic carbocycles. The Labute approximate surface area is 98.7 Å². The van der Waals surface area contributed by atoms with E-state index in [2.05, 4.69) is 4.98 Å². The van der Waals surface area contributed by atoms with Crippen LogP contribution in [-0.4, -0.2) is 4.98 Å². The second-order valence-electron chi connectivity index (χ2n) is 3.20. The lowest BCUT2D eigenvalue weighted by Gasteiger charge is -2.09.